The predicted molar refractivity (Wildman–Crippen MR) is 77.1 cm³/mol. The molecule has 0 fully saturated rings. The first-order valence-electron chi connectivity index (χ1n) is 6.58. The summed E-state index contributed by atoms with van der Waals surface area (Å²) in [6.45, 7) is 5.74. The average Bonchev–Trinajstić information content (AvgIpc) is 2.34. The third-order valence-corrected chi connectivity index (χ3v) is 2.88. The lowest BCUT2D eigenvalue weighted by Crippen LogP contribution is -2.40. The molecule has 0 bridgehead atoms. The molecule has 0 radical (unpaired) electrons. The van der Waals surface area contributed by atoms with Crippen LogP contribution in [0.15, 0.2) is 24.3 Å². The molecule has 0 saturated heterocycles. The molecule has 4 heteroatoms. The highest BCUT2D eigenvalue weighted by atomic mass is 16.5. The van der Waals surface area contributed by atoms with E-state index in [0.29, 0.717) is 6.42 Å². The molecule has 1 aromatic rings. The molecule has 4 nitrogen and oxygen atoms in total. The fraction of sp³-hybridized carbons (Fsp3) is 0.533. The second-order valence-corrected chi connectivity index (χ2v) is 5.47. The number of nitrogens with two attached hydrogens (primary N) is 1. The number of carbonyl (C=O) groups excluding carboxylic acids is 1. The Morgan fingerprint density at radius 2 is 1.95 bits per heavy atom. The maximum atomic E-state index is 11.9. The monoisotopic (exact) mass is 264 g/mol. The first kappa shape index (κ1) is 15.5. The van der Waals surface area contributed by atoms with E-state index in [0.717, 1.165) is 17.7 Å². The van der Waals surface area contributed by atoms with Gasteiger partial charge in [0.15, 0.2) is 0 Å². The summed E-state index contributed by atoms with van der Waals surface area (Å²) < 4.78 is 5.13. The lowest BCUT2D eigenvalue weighted by molar-refractivity contribution is -0.122. The summed E-state index contributed by atoms with van der Waals surface area (Å²) in [5, 5.41) is 3.02. The van der Waals surface area contributed by atoms with Crippen LogP contribution in [0.2, 0.25) is 0 Å². The fourth-order valence-electron chi connectivity index (χ4n) is 1.92. The molecular formula is C15H24N2O2. The van der Waals surface area contributed by atoms with Crippen molar-refractivity contribution in [1.29, 1.82) is 0 Å². The number of hydrogen-bond acceptors (Lipinski definition) is 3. The summed E-state index contributed by atoms with van der Waals surface area (Å²) in [5.74, 6) is 0.795. The Morgan fingerprint density at radius 3 is 2.37 bits per heavy atom. The van der Waals surface area contributed by atoms with Gasteiger partial charge in [0.25, 0.3) is 0 Å². The molecule has 0 saturated carbocycles. The smallest absolute Gasteiger partial charge is 0.222 e. The van der Waals surface area contributed by atoms with Gasteiger partial charge in [0.1, 0.15) is 5.75 Å². The van der Waals surface area contributed by atoms with Gasteiger partial charge >= 0.3 is 0 Å². The van der Waals surface area contributed by atoms with Gasteiger partial charge in [0.2, 0.25) is 5.91 Å². The van der Waals surface area contributed by atoms with Gasteiger partial charge in [-0.15, -0.1) is 0 Å². The van der Waals surface area contributed by atoms with Crippen LogP contribution in [-0.2, 0) is 4.79 Å². The molecule has 1 atom stereocenters. The zero-order valence-electron chi connectivity index (χ0n) is 12.2. The number of carbonyl (C=O) groups is 1. The van der Waals surface area contributed by atoms with Crippen molar-refractivity contribution in [3.05, 3.63) is 29.8 Å². The van der Waals surface area contributed by atoms with Crippen molar-refractivity contribution < 1.29 is 9.53 Å². The lowest BCUT2D eigenvalue weighted by Gasteiger charge is -2.22. The Morgan fingerprint density at radius 1 is 1.37 bits per heavy atom. The molecule has 0 spiro atoms. The second kappa shape index (κ2) is 6.57. The van der Waals surface area contributed by atoms with Crippen LogP contribution < -0.4 is 15.8 Å². The van der Waals surface area contributed by atoms with E-state index in [9.17, 15) is 4.79 Å². The van der Waals surface area contributed by atoms with Gasteiger partial charge in [-0.1, -0.05) is 19.1 Å². The maximum absolute atomic E-state index is 11.9. The van der Waals surface area contributed by atoms with Crippen LogP contribution in [0.1, 0.15) is 45.2 Å². The van der Waals surface area contributed by atoms with E-state index < -0.39 is 5.54 Å². The SMILES string of the molecule is CCC(NC(=O)CC(C)(C)N)c1ccc(OC)cc1. The van der Waals surface area contributed by atoms with Gasteiger partial charge in [-0.25, -0.2) is 0 Å². The molecule has 106 valence electrons. The number of amides is 1. The number of nitrogens with one attached hydrogen (secondary N) is 1. The average molecular weight is 264 g/mol. The topological polar surface area (TPSA) is 64.4 Å². The quantitative estimate of drug-likeness (QED) is 0.829. The van der Waals surface area contributed by atoms with Gasteiger partial charge in [0.05, 0.1) is 13.2 Å². The van der Waals surface area contributed by atoms with E-state index in [2.05, 4.69) is 5.32 Å². The van der Waals surface area contributed by atoms with Crippen molar-refractivity contribution in [3.63, 3.8) is 0 Å². The number of ether oxygens (including phenoxy) is 1. The van der Waals surface area contributed by atoms with Crippen LogP contribution >= 0.6 is 0 Å². The van der Waals surface area contributed by atoms with Crippen LogP contribution in [0.25, 0.3) is 0 Å². The predicted octanol–water partition coefficient (Wildman–Crippen LogP) is 2.39. The maximum Gasteiger partial charge on any atom is 0.222 e. The molecular weight excluding hydrogens is 240 g/mol. The fourth-order valence-corrected chi connectivity index (χ4v) is 1.92. The molecule has 1 amide bonds. The van der Waals surface area contributed by atoms with Gasteiger partial charge in [-0.05, 0) is 38.0 Å². The van der Waals surface area contributed by atoms with E-state index in [4.69, 9.17) is 10.5 Å². The van der Waals surface area contributed by atoms with Crippen molar-refractivity contribution in [2.24, 2.45) is 5.73 Å². The first-order chi connectivity index (χ1) is 8.85. The van der Waals surface area contributed by atoms with E-state index >= 15 is 0 Å². The summed E-state index contributed by atoms with van der Waals surface area (Å²) >= 11 is 0. The minimum atomic E-state index is -0.484. The molecule has 1 aromatic carbocycles. The van der Waals surface area contributed by atoms with E-state index in [1.54, 1.807) is 7.11 Å². The molecule has 1 unspecified atom stereocenters. The molecule has 0 heterocycles. The Labute approximate surface area is 115 Å². The van der Waals surface area contributed by atoms with Crippen LogP contribution in [0.5, 0.6) is 5.75 Å². The van der Waals surface area contributed by atoms with Gasteiger partial charge < -0.3 is 15.8 Å². The van der Waals surface area contributed by atoms with Gasteiger partial charge in [-0.2, -0.15) is 0 Å². The highest BCUT2D eigenvalue weighted by Crippen LogP contribution is 2.20. The zero-order valence-corrected chi connectivity index (χ0v) is 12.2. The Kier molecular flexibility index (Phi) is 5.36. The van der Waals surface area contributed by atoms with Crippen LogP contribution in [0.4, 0.5) is 0 Å². The third kappa shape index (κ3) is 5.30. The van der Waals surface area contributed by atoms with Crippen molar-refractivity contribution in [2.75, 3.05) is 7.11 Å². The van der Waals surface area contributed by atoms with Crippen molar-refractivity contribution in [1.82, 2.24) is 5.32 Å². The van der Waals surface area contributed by atoms with Crippen molar-refractivity contribution in [3.8, 4) is 5.75 Å². The highest BCUT2D eigenvalue weighted by molar-refractivity contribution is 5.77. The number of benzene rings is 1. The second-order valence-electron chi connectivity index (χ2n) is 5.47. The molecule has 0 aromatic heterocycles. The van der Waals surface area contributed by atoms with Gasteiger partial charge in [-0.3, -0.25) is 4.79 Å². The summed E-state index contributed by atoms with van der Waals surface area (Å²) in [7, 11) is 1.64. The molecule has 0 aliphatic rings. The van der Waals surface area contributed by atoms with Crippen LogP contribution in [0, 0.1) is 0 Å². The summed E-state index contributed by atoms with van der Waals surface area (Å²) in [5.41, 5.74) is 6.44. The summed E-state index contributed by atoms with van der Waals surface area (Å²) in [6.07, 6.45) is 1.16. The molecule has 3 N–H and O–H groups in total. The summed E-state index contributed by atoms with van der Waals surface area (Å²) in [6, 6.07) is 7.76. The number of hydrogen-bond donors (Lipinski definition) is 2. The Hall–Kier alpha value is -1.55. The molecule has 0 aliphatic carbocycles. The minimum Gasteiger partial charge on any atom is -0.497 e. The standard InChI is InChI=1S/C15H24N2O2/c1-5-13(17-14(18)10-15(2,3)16)11-6-8-12(19-4)9-7-11/h6-9,13H,5,10,16H2,1-4H3,(H,17,18). The van der Waals surface area contributed by atoms with Crippen LogP contribution in [-0.4, -0.2) is 18.6 Å². The number of rotatable bonds is 6. The Balaban J connectivity index is 2.69. The summed E-state index contributed by atoms with van der Waals surface area (Å²) in [4.78, 5) is 11.9. The first-order valence-corrected chi connectivity index (χ1v) is 6.58. The zero-order chi connectivity index (χ0) is 14.5. The van der Waals surface area contributed by atoms with Gasteiger partial charge in [0, 0.05) is 12.0 Å². The van der Waals surface area contributed by atoms with Crippen LogP contribution in [0.3, 0.4) is 0 Å². The Bertz CT molecular complexity index is 407. The normalized spacial score (nSPS) is 12.9. The van der Waals surface area contributed by atoms with E-state index in [1.165, 1.54) is 0 Å². The highest BCUT2D eigenvalue weighted by Gasteiger charge is 2.19. The minimum absolute atomic E-state index is 0.0146. The lowest BCUT2D eigenvalue weighted by atomic mass is 10.00. The molecule has 19 heavy (non-hydrogen) atoms. The van der Waals surface area contributed by atoms with Crippen molar-refractivity contribution >= 4 is 5.91 Å². The van der Waals surface area contributed by atoms with Crippen molar-refractivity contribution in [2.45, 2.75) is 45.2 Å². The largest absolute Gasteiger partial charge is 0.497 e. The van der Waals surface area contributed by atoms with E-state index in [1.807, 2.05) is 45.0 Å². The van der Waals surface area contributed by atoms with E-state index in [-0.39, 0.29) is 11.9 Å². The third-order valence-electron chi connectivity index (χ3n) is 2.88. The molecule has 0 aliphatic heterocycles. The molecule has 1 rings (SSSR count). The number of methoxy groups -OCH3 is 1.